The Balaban J connectivity index is 2.00. The van der Waals surface area contributed by atoms with Crippen LogP contribution in [-0.4, -0.2) is 41.7 Å². The lowest BCUT2D eigenvalue weighted by molar-refractivity contribution is 0.00784. The number of anilines is 1. The minimum atomic E-state index is -0.540. The lowest BCUT2D eigenvalue weighted by Crippen LogP contribution is -2.46. The summed E-state index contributed by atoms with van der Waals surface area (Å²) in [6.07, 6.45) is 1.13. The standard InChI is InChI=1S/C17H25N3O4/c1-17(2,3)24-16(22)20-8-4-5-12(10-20)23-14-7-6-11(15(19)21)9-13(14)18/h6-7,9,12H,4-5,8,10,18H2,1-3H3,(H2,19,21)/t12-/m0/s1. The van der Waals surface area contributed by atoms with Gasteiger partial charge in [0.2, 0.25) is 5.91 Å². The van der Waals surface area contributed by atoms with Gasteiger partial charge in [-0.2, -0.15) is 0 Å². The highest BCUT2D eigenvalue weighted by Crippen LogP contribution is 2.26. The van der Waals surface area contributed by atoms with E-state index in [1.54, 1.807) is 17.0 Å². The first-order chi connectivity index (χ1) is 11.2. The molecule has 1 aliphatic heterocycles. The van der Waals surface area contributed by atoms with Crippen molar-refractivity contribution in [2.45, 2.75) is 45.3 Å². The van der Waals surface area contributed by atoms with E-state index in [4.69, 9.17) is 20.9 Å². The Hall–Kier alpha value is -2.44. The molecule has 2 amide bonds. The van der Waals surface area contributed by atoms with Gasteiger partial charge in [0.1, 0.15) is 17.5 Å². The van der Waals surface area contributed by atoms with Gasteiger partial charge in [-0.15, -0.1) is 0 Å². The van der Waals surface area contributed by atoms with Crippen molar-refractivity contribution >= 4 is 17.7 Å². The smallest absolute Gasteiger partial charge is 0.410 e. The van der Waals surface area contributed by atoms with E-state index in [1.165, 1.54) is 6.07 Å². The van der Waals surface area contributed by atoms with Gasteiger partial charge in [0.25, 0.3) is 0 Å². The topological polar surface area (TPSA) is 108 Å². The molecule has 2 rings (SSSR count). The molecule has 1 aromatic carbocycles. The summed E-state index contributed by atoms with van der Waals surface area (Å²) in [4.78, 5) is 25.0. The van der Waals surface area contributed by atoms with Gasteiger partial charge in [-0.25, -0.2) is 4.79 Å². The monoisotopic (exact) mass is 335 g/mol. The molecule has 0 saturated carbocycles. The Morgan fingerprint density at radius 3 is 2.58 bits per heavy atom. The molecule has 1 fully saturated rings. The first-order valence-electron chi connectivity index (χ1n) is 7.99. The maximum atomic E-state index is 12.2. The number of likely N-dealkylation sites (tertiary alicyclic amines) is 1. The van der Waals surface area contributed by atoms with Crippen LogP contribution in [0, 0.1) is 0 Å². The van der Waals surface area contributed by atoms with Gasteiger partial charge in [0.05, 0.1) is 12.2 Å². The number of carbonyl (C=O) groups is 2. The molecular weight excluding hydrogens is 310 g/mol. The van der Waals surface area contributed by atoms with Crippen molar-refractivity contribution in [2.75, 3.05) is 18.8 Å². The average Bonchev–Trinajstić information content (AvgIpc) is 2.47. The van der Waals surface area contributed by atoms with Crippen LogP contribution in [0.15, 0.2) is 18.2 Å². The van der Waals surface area contributed by atoms with Crippen molar-refractivity contribution in [1.29, 1.82) is 0 Å². The second kappa shape index (κ2) is 6.98. The number of rotatable bonds is 3. The fourth-order valence-electron chi connectivity index (χ4n) is 2.52. The Labute approximate surface area is 141 Å². The summed E-state index contributed by atoms with van der Waals surface area (Å²) >= 11 is 0. The van der Waals surface area contributed by atoms with Gasteiger partial charge in [-0.05, 0) is 51.8 Å². The number of carbonyl (C=O) groups excluding carboxylic acids is 2. The fourth-order valence-corrected chi connectivity index (χ4v) is 2.52. The molecule has 0 bridgehead atoms. The van der Waals surface area contributed by atoms with Gasteiger partial charge >= 0.3 is 6.09 Å². The number of nitrogen functional groups attached to an aromatic ring is 1. The van der Waals surface area contributed by atoms with E-state index in [-0.39, 0.29) is 12.2 Å². The first kappa shape index (κ1) is 17.9. The van der Waals surface area contributed by atoms with E-state index in [2.05, 4.69) is 0 Å². The van der Waals surface area contributed by atoms with Crippen LogP contribution in [0.4, 0.5) is 10.5 Å². The van der Waals surface area contributed by atoms with Crippen molar-refractivity contribution in [3.63, 3.8) is 0 Å². The molecule has 1 atom stereocenters. The van der Waals surface area contributed by atoms with Gasteiger partial charge in [0, 0.05) is 12.1 Å². The summed E-state index contributed by atoms with van der Waals surface area (Å²) in [5, 5.41) is 0. The first-order valence-corrected chi connectivity index (χ1v) is 7.99. The fraction of sp³-hybridized carbons (Fsp3) is 0.529. The number of nitrogens with zero attached hydrogens (tertiary/aromatic N) is 1. The molecule has 0 aromatic heterocycles. The molecule has 24 heavy (non-hydrogen) atoms. The van der Waals surface area contributed by atoms with Crippen LogP contribution in [0.1, 0.15) is 44.0 Å². The summed E-state index contributed by atoms with van der Waals surface area (Å²) < 4.78 is 11.3. The molecule has 7 nitrogen and oxygen atoms in total. The minimum absolute atomic E-state index is 0.173. The second-order valence-corrected chi connectivity index (χ2v) is 6.93. The third-order valence-corrected chi connectivity index (χ3v) is 3.62. The molecule has 0 aliphatic carbocycles. The van der Waals surface area contributed by atoms with Gasteiger partial charge in [0.15, 0.2) is 0 Å². The molecular formula is C17H25N3O4. The summed E-state index contributed by atoms with van der Waals surface area (Å²) in [5.41, 5.74) is 11.3. The molecule has 0 unspecified atom stereocenters. The van der Waals surface area contributed by atoms with Crippen LogP contribution in [0.3, 0.4) is 0 Å². The van der Waals surface area contributed by atoms with Crippen LogP contribution in [0.2, 0.25) is 0 Å². The third-order valence-electron chi connectivity index (χ3n) is 3.62. The number of ether oxygens (including phenoxy) is 2. The predicted octanol–water partition coefficient (Wildman–Crippen LogP) is 2.15. The third kappa shape index (κ3) is 4.78. The number of hydrogen-bond acceptors (Lipinski definition) is 5. The Kier molecular flexibility index (Phi) is 5.21. The number of hydrogen-bond donors (Lipinski definition) is 2. The zero-order valence-electron chi connectivity index (χ0n) is 14.4. The van der Waals surface area contributed by atoms with Crippen LogP contribution < -0.4 is 16.2 Å². The van der Waals surface area contributed by atoms with Crippen molar-refractivity contribution in [3.05, 3.63) is 23.8 Å². The quantitative estimate of drug-likeness (QED) is 0.823. The summed E-state index contributed by atoms with van der Waals surface area (Å²) in [6, 6.07) is 4.69. The molecule has 0 radical (unpaired) electrons. The van der Waals surface area contributed by atoms with Gasteiger partial charge in [-0.3, -0.25) is 4.79 Å². The van der Waals surface area contributed by atoms with Crippen LogP contribution in [0.5, 0.6) is 5.75 Å². The Morgan fingerprint density at radius 1 is 1.29 bits per heavy atom. The van der Waals surface area contributed by atoms with Crippen LogP contribution in [0.25, 0.3) is 0 Å². The van der Waals surface area contributed by atoms with Crippen molar-refractivity contribution in [3.8, 4) is 5.75 Å². The maximum absolute atomic E-state index is 12.2. The lowest BCUT2D eigenvalue weighted by atomic mass is 10.1. The number of nitrogens with two attached hydrogens (primary N) is 2. The Bertz CT molecular complexity index is 625. The summed E-state index contributed by atoms with van der Waals surface area (Å²) in [6.45, 7) is 6.59. The van der Waals surface area contributed by atoms with E-state index in [0.717, 1.165) is 12.8 Å². The number of piperidine rings is 1. The van der Waals surface area contributed by atoms with Crippen molar-refractivity contribution < 1.29 is 19.1 Å². The van der Waals surface area contributed by atoms with E-state index >= 15 is 0 Å². The molecule has 1 saturated heterocycles. The average molecular weight is 335 g/mol. The van der Waals surface area contributed by atoms with Gasteiger partial charge in [-0.1, -0.05) is 0 Å². The predicted molar refractivity (Wildman–Crippen MR) is 90.8 cm³/mol. The van der Waals surface area contributed by atoms with Crippen molar-refractivity contribution in [2.24, 2.45) is 5.73 Å². The van der Waals surface area contributed by atoms with E-state index in [0.29, 0.717) is 30.1 Å². The summed E-state index contributed by atoms with van der Waals surface area (Å²) in [5.74, 6) is -0.0574. The molecule has 1 heterocycles. The zero-order valence-corrected chi connectivity index (χ0v) is 14.4. The molecule has 1 aliphatic rings. The minimum Gasteiger partial charge on any atom is -0.486 e. The number of primary amides is 1. The molecule has 1 aromatic rings. The highest BCUT2D eigenvalue weighted by molar-refractivity contribution is 5.94. The zero-order chi connectivity index (χ0) is 17.9. The van der Waals surface area contributed by atoms with Crippen LogP contribution >= 0.6 is 0 Å². The second-order valence-electron chi connectivity index (χ2n) is 6.93. The molecule has 4 N–H and O–H groups in total. The normalized spacial score (nSPS) is 18.1. The van der Waals surface area contributed by atoms with E-state index in [9.17, 15) is 9.59 Å². The highest BCUT2D eigenvalue weighted by Gasteiger charge is 2.28. The van der Waals surface area contributed by atoms with Crippen LogP contribution in [-0.2, 0) is 4.74 Å². The number of amides is 2. The lowest BCUT2D eigenvalue weighted by Gasteiger charge is -2.34. The SMILES string of the molecule is CC(C)(C)OC(=O)N1CCC[C@H](Oc2ccc(C(N)=O)cc2N)C1. The highest BCUT2D eigenvalue weighted by atomic mass is 16.6. The number of benzene rings is 1. The Morgan fingerprint density at radius 2 is 2.00 bits per heavy atom. The van der Waals surface area contributed by atoms with Crippen molar-refractivity contribution in [1.82, 2.24) is 4.90 Å². The molecule has 7 heteroatoms. The van der Waals surface area contributed by atoms with Gasteiger partial charge < -0.3 is 25.8 Å². The molecule has 0 spiro atoms. The maximum Gasteiger partial charge on any atom is 0.410 e. The largest absolute Gasteiger partial charge is 0.486 e. The van der Waals surface area contributed by atoms with E-state index < -0.39 is 11.5 Å². The summed E-state index contributed by atoms with van der Waals surface area (Å²) in [7, 11) is 0. The van der Waals surface area contributed by atoms with E-state index in [1.807, 2.05) is 20.8 Å². The molecule has 132 valence electrons.